The molecule has 2 aliphatic carbocycles. The highest BCUT2D eigenvalue weighted by molar-refractivity contribution is 5.88. The van der Waals surface area contributed by atoms with Crippen LogP contribution < -0.4 is 9.64 Å². The second kappa shape index (κ2) is 11.8. The Bertz CT molecular complexity index is 1350. The topological polar surface area (TPSA) is 85.6 Å². The summed E-state index contributed by atoms with van der Waals surface area (Å²) in [6.45, 7) is 5.36. The number of likely N-dealkylation sites (N-methyl/N-ethyl adjacent to an activating group) is 1. The molecule has 1 amide bonds. The minimum absolute atomic E-state index is 0.0280. The number of likely N-dealkylation sites (tertiary alicyclic amines) is 1. The maximum Gasteiger partial charge on any atom is 0.318 e. The van der Waals surface area contributed by atoms with Crippen LogP contribution in [0, 0.1) is 11.3 Å². The number of nitriles is 1. The Morgan fingerprint density at radius 3 is 2.83 bits per heavy atom. The molecule has 0 saturated carbocycles. The summed E-state index contributed by atoms with van der Waals surface area (Å²) in [5.41, 5.74) is 5.41. The van der Waals surface area contributed by atoms with E-state index in [2.05, 4.69) is 47.2 Å². The van der Waals surface area contributed by atoms with Crippen molar-refractivity contribution in [2.45, 2.75) is 82.2 Å². The second-order valence-corrected chi connectivity index (χ2v) is 12.3. The summed E-state index contributed by atoms with van der Waals surface area (Å²) in [6, 6.07) is 12.0. The number of nitrogens with zero attached hydrogens (tertiary/aromatic N) is 6. The van der Waals surface area contributed by atoms with E-state index in [1.807, 2.05) is 11.8 Å². The molecular weight excluding hydrogens is 512 g/mol. The molecule has 0 radical (unpaired) electrons. The quantitative estimate of drug-likeness (QED) is 0.495. The molecule has 1 aromatic carbocycles. The number of carbonyl (C=O) groups is 1. The average molecular weight is 555 g/mol. The Labute approximate surface area is 244 Å². The van der Waals surface area contributed by atoms with Crippen molar-refractivity contribution < 1.29 is 9.53 Å². The van der Waals surface area contributed by atoms with E-state index < -0.39 is 0 Å². The van der Waals surface area contributed by atoms with Crippen molar-refractivity contribution in [1.29, 1.82) is 5.26 Å². The van der Waals surface area contributed by atoms with E-state index in [9.17, 15) is 10.1 Å². The molecular formula is C33H42N6O2. The van der Waals surface area contributed by atoms with Crippen LogP contribution in [0.5, 0.6) is 6.01 Å². The van der Waals surface area contributed by atoms with Crippen molar-refractivity contribution in [2.75, 3.05) is 44.7 Å². The third kappa shape index (κ3) is 5.44. The normalized spacial score (nSPS) is 26.2. The summed E-state index contributed by atoms with van der Waals surface area (Å²) in [5, 5.41) is 9.58. The van der Waals surface area contributed by atoms with Crippen LogP contribution in [0.2, 0.25) is 0 Å². The number of benzene rings is 1. The fourth-order valence-corrected chi connectivity index (χ4v) is 7.66. The van der Waals surface area contributed by atoms with Gasteiger partial charge in [-0.3, -0.25) is 4.79 Å². The first-order chi connectivity index (χ1) is 20.0. The molecule has 2 fully saturated rings. The van der Waals surface area contributed by atoms with Crippen LogP contribution in [0.3, 0.4) is 0 Å². The summed E-state index contributed by atoms with van der Waals surface area (Å²) in [7, 11) is 2.16. The zero-order chi connectivity index (χ0) is 28.4. The Kier molecular flexibility index (Phi) is 7.99. The van der Waals surface area contributed by atoms with E-state index in [0.29, 0.717) is 44.7 Å². The van der Waals surface area contributed by atoms with Crippen LogP contribution in [0.4, 0.5) is 5.82 Å². The highest BCUT2D eigenvalue weighted by atomic mass is 16.5. The van der Waals surface area contributed by atoms with Gasteiger partial charge in [0.15, 0.2) is 0 Å². The minimum Gasteiger partial charge on any atom is -0.462 e. The van der Waals surface area contributed by atoms with Gasteiger partial charge in [-0.25, -0.2) is 0 Å². The number of hydrogen-bond donors (Lipinski definition) is 0. The van der Waals surface area contributed by atoms with E-state index >= 15 is 0 Å². The van der Waals surface area contributed by atoms with Gasteiger partial charge >= 0.3 is 6.01 Å². The highest BCUT2D eigenvalue weighted by Gasteiger charge is 2.42. The van der Waals surface area contributed by atoms with Gasteiger partial charge < -0.3 is 19.4 Å². The van der Waals surface area contributed by atoms with Gasteiger partial charge in [-0.15, -0.1) is 0 Å². The molecule has 8 heteroatoms. The fourth-order valence-electron chi connectivity index (χ4n) is 7.66. The number of rotatable bonds is 6. The molecule has 8 nitrogen and oxygen atoms in total. The minimum atomic E-state index is -0.181. The first-order valence-electron chi connectivity index (χ1n) is 15.4. The summed E-state index contributed by atoms with van der Waals surface area (Å²) < 4.78 is 6.35. The molecule has 2 saturated heterocycles. The Balaban J connectivity index is 1.33. The number of anilines is 1. The molecule has 2 unspecified atom stereocenters. The fraction of sp³-hybridized carbons (Fsp3) is 0.576. The molecule has 0 N–H and O–H groups in total. The number of aromatic nitrogens is 2. The maximum atomic E-state index is 12.8. The first-order valence-corrected chi connectivity index (χ1v) is 15.4. The molecule has 0 bridgehead atoms. The highest BCUT2D eigenvalue weighted by Crippen LogP contribution is 2.47. The van der Waals surface area contributed by atoms with E-state index in [1.165, 1.54) is 36.0 Å². The Morgan fingerprint density at radius 2 is 2.02 bits per heavy atom. The zero-order valence-corrected chi connectivity index (χ0v) is 24.5. The third-order valence-electron chi connectivity index (χ3n) is 9.88. The van der Waals surface area contributed by atoms with Crippen molar-refractivity contribution in [3.05, 3.63) is 58.8 Å². The van der Waals surface area contributed by atoms with Crippen molar-refractivity contribution in [2.24, 2.45) is 0 Å². The van der Waals surface area contributed by atoms with Gasteiger partial charge in [0.2, 0.25) is 5.91 Å². The SMILES string of the molecule is C/C=C/C(=O)N1CCN(c2nc(OCC3CCCN3C)nc3c2CCC2(CCCc4ccccc42)C3)C[C@@H]1CC#N. The van der Waals surface area contributed by atoms with Crippen LogP contribution in [0.15, 0.2) is 36.4 Å². The van der Waals surface area contributed by atoms with Gasteiger partial charge in [0.1, 0.15) is 12.4 Å². The van der Waals surface area contributed by atoms with Crippen molar-refractivity contribution in [3.63, 3.8) is 0 Å². The maximum absolute atomic E-state index is 12.8. The standard InChI is InChI=1S/C33H42N6O2/c1-3-8-30(40)39-20-19-38(22-25(39)14-17-34)31-27-13-16-33(15-6-10-24-9-4-5-12-28(24)33)21-29(27)35-32(36-31)41-23-26-11-7-18-37(26)2/h3-5,8-9,12,25-26H,6-7,10-11,13-16,18-23H2,1-2H3/b8-3+/t25-,26?,33?/m0/s1. The predicted octanol–water partition coefficient (Wildman–Crippen LogP) is 4.22. The third-order valence-corrected chi connectivity index (χ3v) is 9.88. The summed E-state index contributed by atoms with van der Waals surface area (Å²) in [4.78, 5) is 29.4. The molecule has 216 valence electrons. The Morgan fingerprint density at radius 1 is 1.15 bits per heavy atom. The monoisotopic (exact) mass is 554 g/mol. The van der Waals surface area contributed by atoms with Crippen LogP contribution in [0.25, 0.3) is 0 Å². The van der Waals surface area contributed by atoms with Crippen molar-refractivity contribution in [3.8, 4) is 12.1 Å². The number of aryl methyl sites for hydroxylation is 1. The van der Waals surface area contributed by atoms with Crippen LogP contribution >= 0.6 is 0 Å². The molecule has 2 aromatic rings. The van der Waals surface area contributed by atoms with E-state index in [4.69, 9.17) is 14.7 Å². The largest absolute Gasteiger partial charge is 0.462 e. The number of carbonyl (C=O) groups excluding carboxylic acids is 1. The number of allylic oxidation sites excluding steroid dienone is 1. The number of amides is 1. The number of hydrogen-bond acceptors (Lipinski definition) is 7. The smallest absolute Gasteiger partial charge is 0.318 e. The molecule has 6 rings (SSSR count). The lowest BCUT2D eigenvalue weighted by Gasteiger charge is -2.44. The second-order valence-electron chi connectivity index (χ2n) is 12.3. The Hall–Kier alpha value is -3.44. The first kappa shape index (κ1) is 27.7. The van der Waals surface area contributed by atoms with Gasteiger partial charge in [0.25, 0.3) is 0 Å². The molecule has 3 atom stereocenters. The van der Waals surface area contributed by atoms with Crippen molar-refractivity contribution in [1.82, 2.24) is 19.8 Å². The van der Waals surface area contributed by atoms with Gasteiger partial charge in [0.05, 0.1) is 24.2 Å². The summed E-state index contributed by atoms with van der Waals surface area (Å²) in [6.07, 6.45) is 12.4. The molecule has 1 aromatic heterocycles. The van der Waals surface area contributed by atoms with Crippen LogP contribution in [-0.4, -0.2) is 77.6 Å². The van der Waals surface area contributed by atoms with E-state index in [1.54, 1.807) is 12.2 Å². The van der Waals surface area contributed by atoms with Crippen molar-refractivity contribution >= 4 is 11.7 Å². The van der Waals surface area contributed by atoms with E-state index in [-0.39, 0.29) is 17.4 Å². The van der Waals surface area contributed by atoms with Crippen LogP contribution in [0.1, 0.15) is 67.8 Å². The number of ether oxygens (including phenoxy) is 1. The van der Waals surface area contributed by atoms with E-state index in [0.717, 1.165) is 50.2 Å². The molecule has 1 spiro atoms. The predicted molar refractivity (Wildman–Crippen MR) is 159 cm³/mol. The molecule has 3 heterocycles. The summed E-state index contributed by atoms with van der Waals surface area (Å²) >= 11 is 0. The lowest BCUT2D eigenvalue weighted by molar-refractivity contribution is -0.128. The molecule has 41 heavy (non-hydrogen) atoms. The zero-order valence-electron chi connectivity index (χ0n) is 24.5. The number of fused-ring (bicyclic) bond motifs is 3. The summed E-state index contributed by atoms with van der Waals surface area (Å²) in [5.74, 6) is 0.907. The molecule has 2 aliphatic heterocycles. The van der Waals surface area contributed by atoms with Gasteiger partial charge in [-0.2, -0.15) is 15.2 Å². The number of piperazine rings is 1. The van der Waals surface area contributed by atoms with Gasteiger partial charge in [0, 0.05) is 36.7 Å². The lowest BCUT2D eigenvalue weighted by Crippen LogP contribution is -2.55. The average Bonchev–Trinajstić information content (AvgIpc) is 3.40. The lowest BCUT2D eigenvalue weighted by atomic mass is 9.62. The van der Waals surface area contributed by atoms with Gasteiger partial charge in [-0.1, -0.05) is 30.3 Å². The van der Waals surface area contributed by atoms with Crippen LogP contribution in [-0.2, 0) is 29.5 Å². The van der Waals surface area contributed by atoms with Gasteiger partial charge in [-0.05, 0) is 89.1 Å². The molecule has 4 aliphatic rings.